The van der Waals surface area contributed by atoms with Crippen LogP contribution < -0.4 is 5.32 Å². The van der Waals surface area contributed by atoms with E-state index in [0.29, 0.717) is 11.3 Å². The lowest BCUT2D eigenvalue weighted by atomic mass is 10.1. The first kappa shape index (κ1) is 24.0. The van der Waals surface area contributed by atoms with Crippen molar-refractivity contribution in [3.05, 3.63) is 29.8 Å². The number of carbonyl (C=O) groups excluding carboxylic acids is 1. The molecule has 0 aliphatic rings. The maximum atomic E-state index is 12.5. The number of hydrogen-bond acceptors (Lipinski definition) is 4. The van der Waals surface area contributed by atoms with Crippen LogP contribution in [-0.4, -0.2) is 47.8 Å². The van der Waals surface area contributed by atoms with Gasteiger partial charge in [-0.2, -0.15) is 0 Å². The normalized spacial score (nSPS) is 12.0. The van der Waals surface area contributed by atoms with E-state index in [1.165, 1.54) is 25.7 Å². The first-order valence-corrected chi connectivity index (χ1v) is 10.5. The van der Waals surface area contributed by atoms with Crippen molar-refractivity contribution in [2.45, 2.75) is 71.8 Å². The second-order valence-corrected chi connectivity index (χ2v) is 7.05. The van der Waals surface area contributed by atoms with Crippen LogP contribution in [0.25, 0.3) is 0 Å². The number of nitrogens with zero attached hydrogens (tertiary/aromatic N) is 1. The van der Waals surface area contributed by atoms with E-state index in [1.807, 2.05) is 0 Å². The zero-order valence-corrected chi connectivity index (χ0v) is 17.6. The van der Waals surface area contributed by atoms with Gasteiger partial charge in [0.05, 0.1) is 5.56 Å². The van der Waals surface area contributed by atoms with E-state index >= 15 is 0 Å². The summed E-state index contributed by atoms with van der Waals surface area (Å²) in [6.07, 6.45) is 6.43. The van der Waals surface area contributed by atoms with Crippen molar-refractivity contribution in [1.29, 1.82) is 0 Å². The van der Waals surface area contributed by atoms with Crippen LogP contribution in [0.5, 0.6) is 0 Å². The van der Waals surface area contributed by atoms with Gasteiger partial charge in [0, 0.05) is 12.2 Å². The molecule has 0 aromatic heterocycles. The fourth-order valence-electron chi connectivity index (χ4n) is 3.14. The number of carbonyl (C=O) groups is 2. The highest BCUT2D eigenvalue weighted by atomic mass is 16.5. The number of esters is 1. The van der Waals surface area contributed by atoms with Crippen molar-refractivity contribution in [2.75, 3.05) is 25.0 Å². The van der Waals surface area contributed by atoms with Crippen molar-refractivity contribution >= 4 is 17.7 Å². The summed E-state index contributed by atoms with van der Waals surface area (Å²) in [7, 11) is 0. The molecule has 0 saturated heterocycles. The number of ether oxygens (including phenoxy) is 1. The van der Waals surface area contributed by atoms with Gasteiger partial charge in [0.1, 0.15) is 6.10 Å². The Morgan fingerprint density at radius 3 is 2.21 bits per heavy atom. The molecule has 0 saturated carbocycles. The largest absolute Gasteiger partial charge is 0.465 e. The van der Waals surface area contributed by atoms with Gasteiger partial charge in [-0.05, 0) is 56.6 Å². The van der Waals surface area contributed by atoms with E-state index in [-0.39, 0.29) is 12.1 Å². The van der Waals surface area contributed by atoms with Crippen LogP contribution in [0, 0.1) is 0 Å². The van der Waals surface area contributed by atoms with Gasteiger partial charge in [-0.25, -0.2) is 9.59 Å². The molecule has 1 unspecified atom stereocenters. The third-order valence-electron chi connectivity index (χ3n) is 4.94. The van der Waals surface area contributed by atoms with Crippen LogP contribution in [0.4, 0.5) is 10.5 Å². The van der Waals surface area contributed by atoms with Gasteiger partial charge in [-0.3, -0.25) is 5.32 Å². The second-order valence-electron chi connectivity index (χ2n) is 7.05. The summed E-state index contributed by atoms with van der Waals surface area (Å²) in [6.45, 7) is 9.38. The van der Waals surface area contributed by atoms with Crippen LogP contribution in [-0.2, 0) is 4.74 Å². The van der Waals surface area contributed by atoms with Gasteiger partial charge in [0.2, 0.25) is 0 Å². The van der Waals surface area contributed by atoms with Gasteiger partial charge in [-0.15, -0.1) is 0 Å². The molecule has 2 N–H and O–H groups in total. The van der Waals surface area contributed by atoms with E-state index in [0.717, 1.165) is 38.9 Å². The monoisotopic (exact) mass is 392 g/mol. The van der Waals surface area contributed by atoms with Gasteiger partial charge < -0.3 is 14.7 Å². The molecule has 0 bridgehead atoms. The molecule has 28 heavy (non-hydrogen) atoms. The third-order valence-corrected chi connectivity index (χ3v) is 4.94. The van der Waals surface area contributed by atoms with Gasteiger partial charge in [0.25, 0.3) is 0 Å². The summed E-state index contributed by atoms with van der Waals surface area (Å²) in [5, 5.41) is 11.0. The number of amides is 1. The quantitative estimate of drug-likeness (QED) is 0.328. The summed E-state index contributed by atoms with van der Waals surface area (Å²) < 4.78 is 5.80. The predicted octanol–water partition coefficient (Wildman–Crippen LogP) is 5.39. The zero-order chi connectivity index (χ0) is 20.8. The predicted molar refractivity (Wildman–Crippen MR) is 113 cm³/mol. The van der Waals surface area contributed by atoms with E-state index in [2.05, 4.69) is 31.0 Å². The molecule has 0 fully saturated rings. The van der Waals surface area contributed by atoms with Gasteiger partial charge in [0.15, 0.2) is 0 Å². The Bertz CT molecular complexity index is 570. The minimum absolute atomic E-state index is 0.0912. The summed E-state index contributed by atoms with van der Waals surface area (Å²) in [6, 6.07) is 6.33. The van der Waals surface area contributed by atoms with Gasteiger partial charge >= 0.3 is 12.1 Å². The van der Waals surface area contributed by atoms with E-state index in [9.17, 15) is 9.59 Å². The number of nitrogens with one attached hydrogen (secondary N) is 1. The minimum atomic E-state index is -1.13. The van der Waals surface area contributed by atoms with Crippen molar-refractivity contribution in [3.8, 4) is 0 Å². The lowest BCUT2D eigenvalue weighted by molar-refractivity contribution is 0.0231. The molecule has 0 heterocycles. The first-order chi connectivity index (χ1) is 13.5. The molecule has 1 aromatic carbocycles. The molecular formula is C22H36N2O4. The summed E-state index contributed by atoms with van der Waals surface area (Å²) in [4.78, 5) is 25.5. The van der Waals surface area contributed by atoms with Crippen LogP contribution in [0.1, 0.15) is 76.1 Å². The highest BCUT2D eigenvalue weighted by Gasteiger charge is 2.17. The molecule has 1 amide bonds. The number of anilines is 1. The third kappa shape index (κ3) is 9.74. The molecule has 0 radical (unpaired) electrons. The first-order valence-electron chi connectivity index (χ1n) is 10.5. The molecule has 0 spiro atoms. The number of unbranched alkanes of at least 4 members (excludes halogenated alkanes) is 4. The van der Waals surface area contributed by atoms with E-state index in [1.54, 1.807) is 24.3 Å². The minimum Gasteiger partial charge on any atom is -0.465 e. The lowest BCUT2D eigenvalue weighted by Gasteiger charge is -2.23. The second kappa shape index (κ2) is 14.0. The fourth-order valence-corrected chi connectivity index (χ4v) is 3.14. The zero-order valence-electron chi connectivity index (χ0n) is 17.6. The molecule has 1 atom stereocenters. The van der Waals surface area contributed by atoms with Crippen LogP contribution in [0.15, 0.2) is 24.3 Å². The maximum absolute atomic E-state index is 12.5. The molecule has 0 aliphatic carbocycles. The van der Waals surface area contributed by atoms with Crippen LogP contribution in [0.3, 0.4) is 0 Å². The van der Waals surface area contributed by atoms with Crippen LogP contribution >= 0.6 is 0 Å². The maximum Gasteiger partial charge on any atom is 0.409 e. The Labute approximate surface area is 169 Å². The lowest BCUT2D eigenvalue weighted by Crippen LogP contribution is -2.29. The molecule has 0 aliphatic heterocycles. The van der Waals surface area contributed by atoms with Crippen molar-refractivity contribution in [3.63, 3.8) is 0 Å². The molecule has 6 nitrogen and oxygen atoms in total. The Hall–Kier alpha value is -2.08. The standard InChI is InChI=1S/C22H36N2O4/c1-4-7-8-9-10-11-20(16-17-24(5-2)6-3)28-21(25)18-12-14-19(15-13-18)23-22(26)27/h12-15,20,23H,4-11,16-17H2,1-3H3,(H,26,27). The van der Waals surface area contributed by atoms with E-state index < -0.39 is 6.09 Å². The summed E-state index contributed by atoms with van der Waals surface area (Å²) in [5.41, 5.74) is 0.868. The molecule has 1 aromatic rings. The Kier molecular flexibility index (Phi) is 12.0. The molecular weight excluding hydrogens is 356 g/mol. The Balaban J connectivity index is 2.62. The topological polar surface area (TPSA) is 78.9 Å². The average molecular weight is 393 g/mol. The fraction of sp³-hybridized carbons (Fsp3) is 0.636. The smallest absolute Gasteiger partial charge is 0.409 e. The number of rotatable bonds is 14. The molecule has 158 valence electrons. The average Bonchev–Trinajstić information content (AvgIpc) is 2.68. The van der Waals surface area contributed by atoms with Crippen molar-refractivity contribution in [2.24, 2.45) is 0 Å². The van der Waals surface area contributed by atoms with Crippen molar-refractivity contribution < 1.29 is 19.4 Å². The summed E-state index contributed by atoms with van der Waals surface area (Å²) >= 11 is 0. The number of benzene rings is 1. The van der Waals surface area contributed by atoms with E-state index in [4.69, 9.17) is 9.84 Å². The van der Waals surface area contributed by atoms with Crippen LogP contribution in [0.2, 0.25) is 0 Å². The van der Waals surface area contributed by atoms with Gasteiger partial charge in [-0.1, -0.05) is 46.5 Å². The number of carboxylic acid groups (broad SMARTS) is 1. The SMILES string of the molecule is CCCCCCCC(CCN(CC)CC)OC(=O)c1ccc(NC(=O)O)cc1. The molecule has 1 rings (SSSR count). The Morgan fingerprint density at radius 1 is 1.00 bits per heavy atom. The van der Waals surface area contributed by atoms with Crippen molar-refractivity contribution in [1.82, 2.24) is 4.90 Å². The number of hydrogen-bond donors (Lipinski definition) is 2. The molecule has 6 heteroatoms. The highest BCUT2D eigenvalue weighted by Crippen LogP contribution is 2.16. The Morgan fingerprint density at radius 2 is 1.64 bits per heavy atom. The summed E-state index contributed by atoms with van der Waals surface area (Å²) in [5.74, 6) is -0.347. The highest BCUT2D eigenvalue weighted by molar-refractivity contribution is 5.90.